The van der Waals surface area contributed by atoms with Gasteiger partial charge < -0.3 is 9.72 Å². The summed E-state index contributed by atoms with van der Waals surface area (Å²) < 4.78 is 5.11. The Morgan fingerprint density at radius 2 is 1.71 bits per heavy atom. The molecule has 1 N–H and O–H groups in total. The summed E-state index contributed by atoms with van der Waals surface area (Å²) in [6, 6.07) is 25.3. The molecule has 0 bridgehead atoms. The van der Waals surface area contributed by atoms with Gasteiger partial charge in [0.25, 0.3) is 11.5 Å². The number of aryl methyl sites for hydroxylation is 1. The minimum absolute atomic E-state index is 0.0846. The number of carbonyl (C=O) groups excluding carboxylic acids is 1. The van der Waals surface area contributed by atoms with Crippen molar-refractivity contribution in [2.75, 3.05) is 13.7 Å². The minimum Gasteiger partial charge on any atom is -0.375 e. The Hall–Kier alpha value is -4.03. The highest BCUT2D eigenvalue weighted by Crippen LogP contribution is 2.36. The van der Waals surface area contributed by atoms with E-state index in [0.717, 1.165) is 33.2 Å². The lowest BCUT2D eigenvalue weighted by molar-refractivity contribution is -0.137. The molecular formula is C28H25N3O3. The average Bonchev–Trinajstić information content (AvgIpc) is 3.29. The van der Waals surface area contributed by atoms with Crippen LogP contribution in [0.5, 0.6) is 0 Å². The third kappa shape index (κ3) is 3.93. The van der Waals surface area contributed by atoms with Gasteiger partial charge >= 0.3 is 0 Å². The van der Waals surface area contributed by atoms with Crippen molar-refractivity contribution in [1.82, 2.24) is 9.99 Å². The molecule has 6 nitrogen and oxygen atoms in total. The number of carbonyl (C=O) groups is 1. The largest absolute Gasteiger partial charge is 0.375 e. The van der Waals surface area contributed by atoms with E-state index in [1.165, 1.54) is 12.1 Å². The number of fused-ring (bicyclic) bond motifs is 1. The van der Waals surface area contributed by atoms with Crippen LogP contribution in [0.15, 0.2) is 88.8 Å². The molecule has 0 spiro atoms. The van der Waals surface area contributed by atoms with E-state index >= 15 is 0 Å². The zero-order valence-electron chi connectivity index (χ0n) is 19.1. The van der Waals surface area contributed by atoms with E-state index in [2.05, 4.69) is 4.98 Å². The lowest BCUT2D eigenvalue weighted by atomic mass is 9.91. The molecular weight excluding hydrogens is 426 g/mol. The highest BCUT2D eigenvalue weighted by Gasteiger charge is 2.35. The summed E-state index contributed by atoms with van der Waals surface area (Å²) in [5.41, 5.74) is 5.47. The molecule has 6 heteroatoms. The number of hydrogen-bond acceptors (Lipinski definition) is 4. The van der Waals surface area contributed by atoms with Crippen molar-refractivity contribution in [3.05, 3.63) is 106 Å². The number of pyridine rings is 1. The lowest BCUT2D eigenvalue weighted by Gasteiger charge is -2.21. The van der Waals surface area contributed by atoms with Crippen molar-refractivity contribution < 1.29 is 9.53 Å². The van der Waals surface area contributed by atoms with Crippen molar-refractivity contribution >= 4 is 22.5 Å². The Labute approximate surface area is 197 Å². The van der Waals surface area contributed by atoms with Crippen molar-refractivity contribution in [1.29, 1.82) is 0 Å². The van der Waals surface area contributed by atoms with E-state index in [9.17, 15) is 9.59 Å². The molecule has 170 valence electrons. The molecule has 4 aromatic rings. The van der Waals surface area contributed by atoms with Crippen LogP contribution in [-0.2, 0) is 9.53 Å². The Morgan fingerprint density at radius 1 is 1.00 bits per heavy atom. The van der Waals surface area contributed by atoms with Gasteiger partial charge in [-0.1, -0.05) is 78.4 Å². The fraction of sp³-hybridized carbons (Fsp3) is 0.179. The summed E-state index contributed by atoms with van der Waals surface area (Å²) in [4.78, 5) is 29.4. The van der Waals surface area contributed by atoms with Gasteiger partial charge in [0.05, 0.1) is 17.3 Å². The summed E-state index contributed by atoms with van der Waals surface area (Å²) >= 11 is 0. The van der Waals surface area contributed by atoms with Crippen LogP contribution in [0.3, 0.4) is 0 Å². The van der Waals surface area contributed by atoms with Crippen molar-refractivity contribution in [2.45, 2.75) is 19.4 Å². The normalized spacial score (nSPS) is 15.5. The van der Waals surface area contributed by atoms with Crippen LogP contribution < -0.4 is 5.56 Å². The molecule has 0 fully saturated rings. The van der Waals surface area contributed by atoms with Gasteiger partial charge in [-0.15, -0.1) is 0 Å². The minimum atomic E-state index is -0.312. The maximum absolute atomic E-state index is 13.4. The van der Waals surface area contributed by atoms with Crippen molar-refractivity contribution in [3.63, 3.8) is 0 Å². The Morgan fingerprint density at radius 3 is 2.44 bits per heavy atom. The van der Waals surface area contributed by atoms with Gasteiger partial charge in [0.15, 0.2) is 0 Å². The van der Waals surface area contributed by atoms with E-state index < -0.39 is 0 Å². The van der Waals surface area contributed by atoms with Crippen LogP contribution in [-0.4, -0.2) is 35.3 Å². The number of methoxy groups -OCH3 is 1. The number of aromatic amines is 1. The number of aromatic nitrogens is 1. The van der Waals surface area contributed by atoms with Crippen LogP contribution in [0.25, 0.3) is 22.0 Å². The Bertz CT molecular complexity index is 1440. The molecule has 0 saturated carbocycles. The van der Waals surface area contributed by atoms with Gasteiger partial charge in [-0.25, -0.2) is 5.01 Å². The second kappa shape index (κ2) is 9.08. The summed E-state index contributed by atoms with van der Waals surface area (Å²) in [6.45, 7) is 1.94. The van der Waals surface area contributed by atoms with Crippen LogP contribution in [0.1, 0.15) is 29.2 Å². The second-order valence-corrected chi connectivity index (χ2v) is 8.46. The predicted molar refractivity (Wildman–Crippen MR) is 134 cm³/mol. The van der Waals surface area contributed by atoms with Crippen LogP contribution in [0.2, 0.25) is 0 Å². The molecule has 2 heterocycles. The molecule has 5 rings (SSSR count). The number of benzene rings is 3. The lowest BCUT2D eigenvalue weighted by Crippen LogP contribution is -2.30. The first-order valence-corrected chi connectivity index (χ1v) is 11.2. The molecule has 1 aliphatic rings. The smallest absolute Gasteiger partial charge is 0.269 e. The third-order valence-electron chi connectivity index (χ3n) is 6.17. The highest BCUT2D eigenvalue weighted by molar-refractivity contribution is 6.12. The Kier molecular flexibility index (Phi) is 5.82. The fourth-order valence-electron chi connectivity index (χ4n) is 4.55. The number of nitrogens with zero attached hydrogens (tertiary/aromatic N) is 2. The van der Waals surface area contributed by atoms with Gasteiger partial charge in [0, 0.05) is 30.0 Å². The maximum atomic E-state index is 13.4. The molecule has 0 saturated heterocycles. The first-order chi connectivity index (χ1) is 16.6. The molecule has 34 heavy (non-hydrogen) atoms. The summed E-state index contributed by atoms with van der Waals surface area (Å²) in [5.74, 6) is -0.249. The fourth-order valence-corrected chi connectivity index (χ4v) is 4.55. The first-order valence-electron chi connectivity index (χ1n) is 11.2. The number of amides is 1. The predicted octanol–water partition coefficient (Wildman–Crippen LogP) is 4.83. The van der Waals surface area contributed by atoms with Crippen LogP contribution >= 0.6 is 0 Å². The van der Waals surface area contributed by atoms with E-state index in [0.29, 0.717) is 17.7 Å². The first kappa shape index (κ1) is 21.8. The molecule has 1 aromatic heterocycles. The molecule has 0 radical (unpaired) electrons. The molecule has 0 aliphatic carbocycles. The van der Waals surface area contributed by atoms with Crippen molar-refractivity contribution in [2.24, 2.45) is 5.10 Å². The molecule has 1 aliphatic heterocycles. The molecule has 3 aromatic carbocycles. The topological polar surface area (TPSA) is 74.8 Å². The zero-order valence-corrected chi connectivity index (χ0v) is 19.1. The standard InChI is InChI=1S/C28H25N3O3/c1-18-12-14-19(15-13-18)24-16-23(30-31(24)25(32)17-34-2)27-26(20-8-4-3-5-9-20)21-10-6-7-11-22(21)29-28(27)33/h3-15,24H,16-17H2,1-2H3,(H,29,33)/t24-/m1/s1. The molecule has 1 atom stereocenters. The summed E-state index contributed by atoms with van der Waals surface area (Å²) in [5, 5.41) is 7.11. The molecule has 0 unspecified atom stereocenters. The number of rotatable bonds is 5. The zero-order chi connectivity index (χ0) is 23.7. The van der Waals surface area contributed by atoms with Gasteiger partial charge in [-0.05, 0) is 24.1 Å². The highest BCUT2D eigenvalue weighted by atomic mass is 16.5. The SMILES string of the molecule is COCC(=O)N1N=C(c2c(-c3ccccc3)c3ccccc3[nH]c2=O)C[C@@H]1c1ccc(C)cc1. The van der Waals surface area contributed by atoms with Crippen LogP contribution in [0.4, 0.5) is 0 Å². The van der Waals surface area contributed by atoms with Crippen LogP contribution in [0, 0.1) is 6.92 Å². The van der Waals surface area contributed by atoms with E-state index in [-0.39, 0.29) is 24.1 Å². The van der Waals surface area contributed by atoms with E-state index in [1.807, 2.05) is 85.8 Å². The Balaban J connectivity index is 1.71. The maximum Gasteiger partial charge on any atom is 0.269 e. The monoisotopic (exact) mass is 451 g/mol. The number of ether oxygens (including phenoxy) is 1. The summed E-state index contributed by atoms with van der Waals surface area (Å²) in [6.07, 6.45) is 0.430. The number of para-hydroxylation sites is 1. The molecule has 1 amide bonds. The number of H-pyrrole nitrogens is 1. The van der Waals surface area contributed by atoms with E-state index in [1.54, 1.807) is 0 Å². The average molecular weight is 452 g/mol. The number of hydrogen-bond donors (Lipinski definition) is 1. The van der Waals surface area contributed by atoms with Gasteiger partial charge in [-0.3, -0.25) is 9.59 Å². The summed E-state index contributed by atoms with van der Waals surface area (Å²) in [7, 11) is 1.49. The van der Waals surface area contributed by atoms with Crippen molar-refractivity contribution in [3.8, 4) is 11.1 Å². The third-order valence-corrected chi connectivity index (χ3v) is 6.17. The number of nitrogens with one attached hydrogen (secondary N) is 1. The van der Waals surface area contributed by atoms with Gasteiger partial charge in [0.2, 0.25) is 0 Å². The second-order valence-electron chi connectivity index (χ2n) is 8.46. The number of hydrazone groups is 1. The van der Waals surface area contributed by atoms with Gasteiger partial charge in [-0.2, -0.15) is 5.10 Å². The van der Waals surface area contributed by atoms with Gasteiger partial charge in [0.1, 0.15) is 6.61 Å². The quantitative estimate of drug-likeness (QED) is 0.472. The van der Waals surface area contributed by atoms with E-state index in [4.69, 9.17) is 9.84 Å².